The van der Waals surface area contributed by atoms with Gasteiger partial charge in [0.25, 0.3) is 0 Å². The van der Waals surface area contributed by atoms with Gasteiger partial charge in [-0.25, -0.2) is 4.79 Å². The highest BCUT2D eigenvalue weighted by molar-refractivity contribution is 5.75. The van der Waals surface area contributed by atoms with Gasteiger partial charge in [0.15, 0.2) is 0 Å². The molecule has 25 heavy (non-hydrogen) atoms. The van der Waals surface area contributed by atoms with Gasteiger partial charge in [-0.05, 0) is 45.7 Å². The third kappa shape index (κ3) is 3.62. The normalized spacial score (nSPS) is 14.9. The van der Waals surface area contributed by atoms with Gasteiger partial charge >= 0.3 is 6.03 Å². The van der Waals surface area contributed by atoms with E-state index in [1.54, 1.807) is 19.6 Å². The number of methoxy groups -OCH3 is 1. The van der Waals surface area contributed by atoms with Gasteiger partial charge in [-0.15, -0.1) is 0 Å². The SMILES string of the molecule is COc1c(C)cnc(CNC(=O)N(C2CC2)[C@@H](C)c2ccco2)c1C. The second-order valence-electron chi connectivity index (χ2n) is 6.53. The van der Waals surface area contributed by atoms with Crippen molar-refractivity contribution in [3.05, 3.63) is 47.2 Å². The molecule has 2 aromatic rings. The second-order valence-corrected chi connectivity index (χ2v) is 6.53. The average Bonchev–Trinajstić information content (AvgIpc) is 3.26. The van der Waals surface area contributed by atoms with E-state index in [2.05, 4.69) is 10.3 Å². The first-order valence-electron chi connectivity index (χ1n) is 8.61. The molecule has 0 bridgehead atoms. The van der Waals surface area contributed by atoms with Gasteiger partial charge in [-0.1, -0.05) is 0 Å². The van der Waals surface area contributed by atoms with Crippen molar-refractivity contribution in [3.63, 3.8) is 0 Å². The van der Waals surface area contributed by atoms with Crippen LogP contribution < -0.4 is 10.1 Å². The Balaban J connectivity index is 1.71. The standard InChI is InChI=1S/C19H25N3O3/c1-12-10-20-16(13(2)18(12)24-4)11-21-19(23)22(15-7-8-15)14(3)17-6-5-9-25-17/h5-6,9-10,14-15H,7-8,11H2,1-4H3,(H,21,23)/t14-/m0/s1. The number of pyridine rings is 1. The molecule has 3 rings (SSSR count). The number of rotatable bonds is 6. The first kappa shape index (κ1) is 17.3. The van der Waals surface area contributed by atoms with Crippen LogP contribution in [-0.4, -0.2) is 29.1 Å². The van der Waals surface area contributed by atoms with E-state index < -0.39 is 0 Å². The van der Waals surface area contributed by atoms with E-state index in [-0.39, 0.29) is 18.1 Å². The van der Waals surface area contributed by atoms with Gasteiger partial charge in [0, 0.05) is 23.4 Å². The lowest BCUT2D eigenvalue weighted by Crippen LogP contribution is -2.42. The zero-order valence-electron chi connectivity index (χ0n) is 15.2. The van der Waals surface area contributed by atoms with Crippen LogP contribution in [0.4, 0.5) is 4.79 Å². The van der Waals surface area contributed by atoms with Crippen molar-refractivity contribution in [1.29, 1.82) is 0 Å². The molecule has 134 valence electrons. The topological polar surface area (TPSA) is 67.6 Å². The summed E-state index contributed by atoms with van der Waals surface area (Å²) in [7, 11) is 1.65. The van der Waals surface area contributed by atoms with Gasteiger partial charge < -0.3 is 19.4 Å². The highest BCUT2D eigenvalue weighted by atomic mass is 16.5. The molecule has 1 atom stereocenters. The summed E-state index contributed by atoms with van der Waals surface area (Å²) in [6.45, 7) is 6.29. The number of urea groups is 1. The van der Waals surface area contributed by atoms with Crippen LogP contribution in [0.1, 0.15) is 48.4 Å². The predicted molar refractivity (Wildman–Crippen MR) is 94.5 cm³/mol. The van der Waals surface area contributed by atoms with Crippen molar-refractivity contribution in [2.75, 3.05) is 7.11 Å². The molecule has 0 radical (unpaired) electrons. The highest BCUT2D eigenvalue weighted by Crippen LogP contribution is 2.34. The number of hydrogen-bond acceptors (Lipinski definition) is 4. The minimum Gasteiger partial charge on any atom is -0.496 e. The smallest absolute Gasteiger partial charge is 0.318 e. The Morgan fingerprint density at radius 2 is 2.24 bits per heavy atom. The lowest BCUT2D eigenvalue weighted by Gasteiger charge is -2.28. The maximum atomic E-state index is 12.8. The van der Waals surface area contributed by atoms with E-state index in [9.17, 15) is 4.79 Å². The molecule has 1 fully saturated rings. The highest BCUT2D eigenvalue weighted by Gasteiger charge is 2.37. The molecule has 6 nitrogen and oxygen atoms in total. The van der Waals surface area contributed by atoms with Crippen LogP contribution in [0, 0.1) is 13.8 Å². The summed E-state index contributed by atoms with van der Waals surface area (Å²) < 4.78 is 10.9. The van der Waals surface area contributed by atoms with Gasteiger partial charge in [0.05, 0.1) is 31.7 Å². The molecule has 2 amide bonds. The average molecular weight is 343 g/mol. The summed E-state index contributed by atoms with van der Waals surface area (Å²) in [4.78, 5) is 19.1. The summed E-state index contributed by atoms with van der Waals surface area (Å²) in [6, 6.07) is 3.85. The molecular weight excluding hydrogens is 318 g/mol. The van der Waals surface area contributed by atoms with E-state index in [0.717, 1.165) is 41.2 Å². The molecule has 0 aliphatic heterocycles. The molecule has 1 N–H and O–H groups in total. The molecule has 1 saturated carbocycles. The van der Waals surface area contributed by atoms with Crippen molar-refractivity contribution in [3.8, 4) is 5.75 Å². The third-order valence-electron chi connectivity index (χ3n) is 4.70. The number of aryl methyl sites for hydroxylation is 1. The van der Waals surface area contributed by atoms with Gasteiger partial charge in [0.2, 0.25) is 0 Å². The Hall–Kier alpha value is -2.50. The van der Waals surface area contributed by atoms with Crippen LogP contribution in [-0.2, 0) is 6.54 Å². The fraction of sp³-hybridized carbons (Fsp3) is 0.474. The molecule has 2 aromatic heterocycles. The fourth-order valence-corrected chi connectivity index (χ4v) is 3.18. The molecule has 0 spiro atoms. The Bertz CT molecular complexity index is 739. The van der Waals surface area contributed by atoms with Crippen molar-refractivity contribution in [2.24, 2.45) is 0 Å². The second kappa shape index (κ2) is 7.17. The molecule has 1 aliphatic carbocycles. The van der Waals surface area contributed by atoms with Crippen LogP contribution >= 0.6 is 0 Å². The van der Waals surface area contributed by atoms with Crippen molar-refractivity contribution < 1.29 is 13.9 Å². The van der Waals surface area contributed by atoms with Gasteiger partial charge in [-0.3, -0.25) is 4.98 Å². The lowest BCUT2D eigenvalue weighted by molar-refractivity contribution is 0.166. The minimum atomic E-state index is -0.0934. The first-order chi connectivity index (χ1) is 12.0. The Labute approximate surface area is 148 Å². The van der Waals surface area contributed by atoms with Gasteiger partial charge in [-0.2, -0.15) is 0 Å². The van der Waals surface area contributed by atoms with E-state index >= 15 is 0 Å². The Morgan fingerprint density at radius 3 is 2.84 bits per heavy atom. The summed E-state index contributed by atoms with van der Waals surface area (Å²) in [5, 5.41) is 3.00. The molecule has 6 heteroatoms. The molecular formula is C19H25N3O3. The van der Waals surface area contributed by atoms with Crippen LogP contribution in [0.3, 0.4) is 0 Å². The number of amides is 2. The maximum Gasteiger partial charge on any atom is 0.318 e. The third-order valence-corrected chi connectivity index (χ3v) is 4.70. The summed E-state index contributed by atoms with van der Waals surface area (Å²) >= 11 is 0. The van der Waals surface area contributed by atoms with Crippen molar-refractivity contribution in [2.45, 2.75) is 52.2 Å². The number of ether oxygens (including phenoxy) is 1. The van der Waals surface area contributed by atoms with E-state index in [1.165, 1.54) is 0 Å². The van der Waals surface area contributed by atoms with Gasteiger partial charge in [0.1, 0.15) is 11.5 Å². The van der Waals surface area contributed by atoms with Crippen molar-refractivity contribution in [1.82, 2.24) is 15.2 Å². The number of furan rings is 1. The van der Waals surface area contributed by atoms with E-state index in [1.807, 2.05) is 37.8 Å². The number of carbonyl (C=O) groups is 1. The van der Waals surface area contributed by atoms with Crippen LogP contribution in [0.2, 0.25) is 0 Å². The fourth-order valence-electron chi connectivity index (χ4n) is 3.18. The summed E-state index contributed by atoms with van der Waals surface area (Å²) in [5.41, 5.74) is 2.76. The quantitative estimate of drug-likeness (QED) is 0.868. The number of aromatic nitrogens is 1. The van der Waals surface area contributed by atoms with E-state index in [0.29, 0.717) is 6.54 Å². The first-order valence-corrected chi connectivity index (χ1v) is 8.61. The lowest BCUT2D eigenvalue weighted by atomic mass is 10.1. The van der Waals surface area contributed by atoms with Crippen LogP contribution in [0.15, 0.2) is 29.0 Å². The number of carbonyl (C=O) groups excluding carboxylic acids is 1. The molecule has 0 saturated heterocycles. The molecule has 0 aromatic carbocycles. The molecule has 0 unspecified atom stereocenters. The molecule has 1 aliphatic rings. The Kier molecular flexibility index (Phi) is 4.97. The summed E-state index contributed by atoms with van der Waals surface area (Å²) in [6.07, 6.45) is 5.49. The minimum absolute atomic E-state index is 0.0906. The number of hydrogen-bond donors (Lipinski definition) is 1. The van der Waals surface area contributed by atoms with Crippen molar-refractivity contribution >= 4 is 6.03 Å². The largest absolute Gasteiger partial charge is 0.496 e. The maximum absolute atomic E-state index is 12.8. The van der Waals surface area contributed by atoms with Crippen LogP contribution in [0.25, 0.3) is 0 Å². The number of nitrogens with one attached hydrogen (secondary N) is 1. The monoisotopic (exact) mass is 343 g/mol. The zero-order valence-corrected chi connectivity index (χ0v) is 15.2. The summed E-state index contributed by atoms with van der Waals surface area (Å²) in [5.74, 6) is 1.62. The van der Waals surface area contributed by atoms with Crippen LogP contribution in [0.5, 0.6) is 5.75 Å². The predicted octanol–water partition coefficient (Wildman–Crippen LogP) is 3.74. The zero-order chi connectivity index (χ0) is 18.0. The number of nitrogens with zero attached hydrogens (tertiary/aromatic N) is 2. The Morgan fingerprint density at radius 1 is 1.48 bits per heavy atom. The molecule has 2 heterocycles. The van der Waals surface area contributed by atoms with E-state index in [4.69, 9.17) is 9.15 Å².